The fourth-order valence-corrected chi connectivity index (χ4v) is 3.61. The fraction of sp³-hybridized carbons (Fsp3) is 0.316. The number of likely N-dealkylation sites (tertiary alicyclic amines) is 1. The summed E-state index contributed by atoms with van der Waals surface area (Å²) >= 11 is 0. The van der Waals surface area contributed by atoms with Gasteiger partial charge in [0.05, 0.1) is 11.7 Å². The van der Waals surface area contributed by atoms with Crippen molar-refractivity contribution in [1.82, 2.24) is 9.88 Å². The van der Waals surface area contributed by atoms with Gasteiger partial charge in [0, 0.05) is 18.9 Å². The van der Waals surface area contributed by atoms with Gasteiger partial charge >= 0.3 is 0 Å². The van der Waals surface area contributed by atoms with Gasteiger partial charge in [0.15, 0.2) is 6.10 Å². The van der Waals surface area contributed by atoms with Crippen LogP contribution < -0.4 is 5.06 Å². The number of aromatic nitrogens is 1. The minimum absolute atomic E-state index is 0.155. The standard InChI is InChI=1S/C19H19N3O3/c1-2-12-21-18(23)15-16(13-8-10-20-11-9-13)22(25-17(15)19(21)24)14-6-4-3-5-7-14/h3-11,15-17H,2,12H2,1H3/t15-,16+,17-/m0/s1. The Bertz CT molecular complexity index is 781. The highest BCUT2D eigenvalue weighted by atomic mass is 16.7. The van der Waals surface area contributed by atoms with E-state index in [0.29, 0.717) is 6.54 Å². The molecule has 2 fully saturated rings. The van der Waals surface area contributed by atoms with Gasteiger partial charge in [-0.1, -0.05) is 25.1 Å². The van der Waals surface area contributed by atoms with E-state index in [-0.39, 0.29) is 17.9 Å². The molecular formula is C19H19N3O3. The molecule has 0 unspecified atom stereocenters. The lowest BCUT2D eigenvalue weighted by Crippen LogP contribution is -2.37. The van der Waals surface area contributed by atoms with Crippen molar-refractivity contribution in [3.8, 4) is 0 Å². The SMILES string of the molecule is CCCN1C(=O)[C@@H]2[C@H](ON(c3ccccc3)[C@@H]2c2ccncc2)C1=O. The minimum Gasteiger partial charge on any atom is -0.280 e. The van der Waals surface area contributed by atoms with Crippen molar-refractivity contribution >= 4 is 17.5 Å². The molecule has 2 aliphatic rings. The van der Waals surface area contributed by atoms with E-state index in [0.717, 1.165) is 17.7 Å². The van der Waals surface area contributed by atoms with Crippen molar-refractivity contribution in [2.24, 2.45) is 5.92 Å². The number of hydrogen-bond acceptors (Lipinski definition) is 5. The molecule has 0 saturated carbocycles. The molecule has 2 amide bonds. The van der Waals surface area contributed by atoms with E-state index in [2.05, 4.69) is 4.98 Å². The lowest BCUT2D eigenvalue weighted by atomic mass is 9.91. The number of nitrogens with zero attached hydrogens (tertiary/aromatic N) is 3. The molecule has 0 spiro atoms. The van der Waals surface area contributed by atoms with Crippen LogP contribution in [0.15, 0.2) is 54.9 Å². The van der Waals surface area contributed by atoms with Crippen molar-refractivity contribution < 1.29 is 14.4 Å². The average Bonchev–Trinajstić information content (AvgIpc) is 3.16. The van der Waals surface area contributed by atoms with Crippen molar-refractivity contribution in [3.05, 3.63) is 60.4 Å². The van der Waals surface area contributed by atoms with Crippen LogP contribution in [0.3, 0.4) is 0 Å². The zero-order valence-electron chi connectivity index (χ0n) is 13.9. The van der Waals surface area contributed by atoms with Crippen LogP contribution in [-0.2, 0) is 14.4 Å². The summed E-state index contributed by atoms with van der Waals surface area (Å²) in [6.45, 7) is 2.38. The maximum absolute atomic E-state index is 12.9. The minimum atomic E-state index is -0.766. The lowest BCUT2D eigenvalue weighted by Gasteiger charge is -2.28. The van der Waals surface area contributed by atoms with Crippen LogP contribution >= 0.6 is 0 Å². The second-order valence-electron chi connectivity index (χ2n) is 6.27. The number of anilines is 1. The third-order valence-corrected chi connectivity index (χ3v) is 4.71. The summed E-state index contributed by atoms with van der Waals surface area (Å²) in [7, 11) is 0. The monoisotopic (exact) mass is 337 g/mol. The van der Waals surface area contributed by atoms with Crippen LogP contribution in [0, 0.1) is 5.92 Å². The van der Waals surface area contributed by atoms with Crippen LogP contribution in [0.1, 0.15) is 24.9 Å². The number of fused-ring (bicyclic) bond motifs is 1. The number of hydroxylamine groups is 1. The number of amides is 2. The smallest absolute Gasteiger partial charge is 0.261 e. The first kappa shape index (κ1) is 15.8. The summed E-state index contributed by atoms with van der Waals surface area (Å²) in [5, 5.41) is 1.70. The summed E-state index contributed by atoms with van der Waals surface area (Å²) in [6, 6.07) is 12.9. The second kappa shape index (κ2) is 6.29. The van der Waals surface area contributed by atoms with Crippen molar-refractivity contribution in [3.63, 3.8) is 0 Å². The molecule has 2 aliphatic heterocycles. The highest BCUT2D eigenvalue weighted by Crippen LogP contribution is 2.46. The third kappa shape index (κ3) is 2.49. The van der Waals surface area contributed by atoms with Crippen LogP contribution in [0.2, 0.25) is 0 Å². The fourth-order valence-electron chi connectivity index (χ4n) is 3.61. The normalized spacial score (nSPS) is 25.6. The highest BCUT2D eigenvalue weighted by Gasteiger charge is 2.59. The molecule has 2 saturated heterocycles. The van der Waals surface area contributed by atoms with Gasteiger partial charge in [0.1, 0.15) is 5.92 Å². The zero-order chi connectivity index (χ0) is 17.4. The summed E-state index contributed by atoms with van der Waals surface area (Å²) in [4.78, 5) is 37.0. The number of benzene rings is 1. The second-order valence-corrected chi connectivity index (χ2v) is 6.27. The number of pyridine rings is 1. The average molecular weight is 337 g/mol. The van der Waals surface area contributed by atoms with Gasteiger partial charge in [0.2, 0.25) is 5.91 Å². The molecule has 1 aromatic carbocycles. The Morgan fingerprint density at radius 1 is 1.04 bits per heavy atom. The van der Waals surface area contributed by atoms with E-state index in [1.165, 1.54) is 4.90 Å². The molecule has 3 atom stereocenters. The van der Waals surface area contributed by atoms with E-state index in [1.54, 1.807) is 17.5 Å². The Balaban J connectivity index is 1.77. The Hall–Kier alpha value is -2.73. The van der Waals surface area contributed by atoms with Gasteiger partial charge in [-0.2, -0.15) is 0 Å². The largest absolute Gasteiger partial charge is 0.280 e. The molecule has 4 rings (SSSR count). The van der Waals surface area contributed by atoms with Crippen molar-refractivity contribution in [2.75, 3.05) is 11.6 Å². The molecule has 0 aliphatic carbocycles. The van der Waals surface area contributed by atoms with Crippen LogP contribution in [0.5, 0.6) is 0 Å². The number of rotatable bonds is 4. The predicted octanol–water partition coefficient (Wildman–Crippen LogP) is 2.34. The maximum Gasteiger partial charge on any atom is 0.261 e. The molecule has 0 radical (unpaired) electrons. The molecule has 1 aromatic heterocycles. The van der Waals surface area contributed by atoms with Gasteiger partial charge < -0.3 is 0 Å². The lowest BCUT2D eigenvalue weighted by molar-refractivity contribution is -0.143. The first-order valence-electron chi connectivity index (χ1n) is 8.48. The topological polar surface area (TPSA) is 62.7 Å². The molecule has 6 heteroatoms. The highest BCUT2D eigenvalue weighted by molar-refractivity contribution is 6.07. The van der Waals surface area contributed by atoms with E-state index >= 15 is 0 Å². The van der Waals surface area contributed by atoms with Crippen LogP contribution in [0.4, 0.5) is 5.69 Å². The number of imide groups is 1. The van der Waals surface area contributed by atoms with Crippen molar-refractivity contribution in [1.29, 1.82) is 0 Å². The predicted molar refractivity (Wildman–Crippen MR) is 91.3 cm³/mol. The Kier molecular flexibility index (Phi) is 3.97. The molecule has 0 bridgehead atoms. The van der Waals surface area contributed by atoms with Crippen LogP contribution in [0.25, 0.3) is 0 Å². The van der Waals surface area contributed by atoms with Gasteiger partial charge in [-0.3, -0.25) is 24.3 Å². The summed E-state index contributed by atoms with van der Waals surface area (Å²) in [6.07, 6.45) is 3.35. The molecule has 25 heavy (non-hydrogen) atoms. The number of carbonyl (C=O) groups excluding carboxylic acids is 2. The molecule has 128 valence electrons. The van der Waals surface area contributed by atoms with Crippen molar-refractivity contribution in [2.45, 2.75) is 25.5 Å². The van der Waals surface area contributed by atoms with Gasteiger partial charge in [0.25, 0.3) is 5.91 Å². The molecule has 6 nitrogen and oxygen atoms in total. The van der Waals surface area contributed by atoms with Gasteiger partial charge in [-0.05, 0) is 36.2 Å². The number of hydrogen-bond donors (Lipinski definition) is 0. The summed E-state index contributed by atoms with van der Waals surface area (Å²) in [5.41, 5.74) is 1.73. The summed E-state index contributed by atoms with van der Waals surface area (Å²) < 4.78 is 0. The Morgan fingerprint density at radius 3 is 2.44 bits per heavy atom. The van der Waals surface area contributed by atoms with E-state index in [9.17, 15) is 9.59 Å². The first-order chi connectivity index (χ1) is 12.2. The van der Waals surface area contributed by atoms with E-state index in [4.69, 9.17) is 4.84 Å². The molecular weight excluding hydrogens is 318 g/mol. The Labute approximate surface area is 146 Å². The summed E-state index contributed by atoms with van der Waals surface area (Å²) in [5.74, 6) is -0.937. The van der Waals surface area contributed by atoms with Gasteiger partial charge in [-0.25, -0.2) is 5.06 Å². The number of para-hydroxylation sites is 1. The molecule has 0 N–H and O–H groups in total. The first-order valence-corrected chi connectivity index (χ1v) is 8.48. The van der Waals surface area contributed by atoms with E-state index < -0.39 is 12.0 Å². The maximum atomic E-state index is 12.9. The third-order valence-electron chi connectivity index (χ3n) is 4.71. The quantitative estimate of drug-likeness (QED) is 0.802. The van der Waals surface area contributed by atoms with Crippen LogP contribution in [-0.4, -0.2) is 34.3 Å². The number of carbonyl (C=O) groups is 2. The van der Waals surface area contributed by atoms with Gasteiger partial charge in [-0.15, -0.1) is 0 Å². The molecule has 3 heterocycles. The zero-order valence-corrected chi connectivity index (χ0v) is 13.9. The Morgan fingerprint density at radius 2 is 1.76 bits per heavy atom. The molecule has 2 aromatic rings. The van der Waals surface area contributed by atoms with E-state index in [1.807, 2.05) is 49.4 Å².